The van der Waals surface area contributed by atoms with Crippen LogP contribution in [0.3, 0.4) is 0 Å². The second kappa shape index (κ2) is 7.24. The Morgan fingerprint density at radius 1 is 1.32 bits per heavy atom. The molecule has 1 aromatic carbocycles. The minimum Gasteiger partial charge on any atom is -0.356 e. The van der Waals surface area contributed by atoms with Gasteiger partial charge in [0.2, 0.25) is 15.9 Å². The molecule has 0 saturated carbocycles. The van der Waals surface area contributed by atoms with Crippen molar-refractivity contribution in [3.05, 3.63) is 35.4 Å². The molecule has 6 heteroatoms. The average Bonchev–Trinajstić information content (AvgIpc) is 2.45. The van der Waals surface area contributed by atoms with Crippen molar-refractivity contribution in [3.63, 3.8) is 0 Å². The summed E-state index contributed by atoms with van der Waals surface area (Å²) < 4.78 is 24.4. The van der Waals surface area contributed by atoms with E-state index in [4.69, 9.17) is 0 Å². The van der Waals surface area contributed by atoms with Gasteiger partial charge < -0.3 is 5.32 Å². The minimum atomic E-state index is -3.08. The van der Waals surface area contributed by atoms with Gasteiger partial charge in [-0.05, 0) is 31.2 Å². The lowest BCUT2D eigenvalue weighted by Crippen LogP contribution is -2.41. The zero-order valence-corrected chi connectivity index (χ0v) is 14.0. The molecular weight excluding hydrogens is 300 g/mol. The summed E-state index contributed by atoms with van der Waals surface area (Å²) in [5.41, 5.74) is 2.17. The maximum atomic E-state index is 12.0. The van der Waals surface area contributed by atoms with Gasteiger partial charge in [0.05, 0.1) is 12.7 Å². The molecule has 0 radical (unpaired) electrons. The van der Waals surface area contributed by atoms with E-state index in [9.17, 15) is 13.2 Å². The van der Waals surface area contributed by atoms with Crippen LogP contribution in [-0.4, -0.2) is 44.5 Å². The van der Waals surface area contributed by atoms with Gasteiger partial charge in [-0.3, -0.25) is 4.79 Å². The van der Waals surface area contributed by atoms with Crippen LogP contribution in [0, 0.1) is 12.8 Å². The standard InChI is InChI=1S/C16H24N2O3S/c1-13-4-3-5-15(10-13)11-16(19)17-12-14-6-8-18(9-7-14)22(2,20)21/h3-5,10,14H,6-9,11-12H2,1-2H3,(H,17,19). The molecule has 0 atom stereocenters. The Kier molecular flexibility index (Phi) is 5.58. The summed E-state index contributed by atoms with van der Waals surface area (Å²) in [6, 6.07) is 7.94. The van der Waals surface area contributed by atoms with E-state index in [1.807, 2.05) is 31.2 Å². The van der Waals surface area contributed by atoms with Gasteiger partial charge in [0.15, 0.2) is 0 Å². The molecule has 5 nitrogen and oxygen atoms in total. The Bertz CT molecular complexity index is 620. The van der Waals surface area contributed by atoms with Crippen LogP contribution in [0.1, 0.15) is 24.0 Å². The Balaban J connectivity index is 1.74. The number of benzene rings is 1. The highest BCUT2D eigenvalue weighted by Crippen LogP contribution is 2.18. The smallest absolute Gasteiger partial charge is 0.224 e. The molecule has 1 fully saturated rings. The summed E-state index contributed by atoms with van der Waals surface area (Å²) in [4.78, 5) is 12.0. The van der Waals surface area contributed by atoms with Crippen LogP contribution in [0.4, 0.5) is 0 Å². The first-order valence-electron chi connectivity index (χ1n) is 7.62. The summed E-state index contributed by atoms with van der Waals surface area (Å²) in [6.45, 7) is 3.74. The zero-order valence-electron chi connectivity index (χ0n) is 13.2. The summed E-state index contributed by atoms with van der Waals surface area (Å²) >= 11 is 0. The highest BCUT2D eigenvalue weighted by molar-refractivity contribution is 7.88. The van der Waals surface area contributed by atoms with E-state index in [-0.39, 0.29) is 5.91 Å². The van der Waals surface area contributed by atoms with Crippen LogP contribution in [0.25, 0.3) is 0 Å². The lowest BCUT2D eigenvalue weighted by atomic mass is 9.98. The maximum absolute atomic E-state index is 12.0. The molecule has 2 rings (SSSR count). The number of nitrogens with one attached hydrogen (secondary N) is 1. The predicted octanol–water partition coefficient (Wildman–Crippen LogP) is 1.33. The fourth-order valence-electron chi connectivity index (χ4n) is 2.77. The molecular formula is C16H24N2O3S. The van der Waals surface area contributed by atoms with E-state index in [0.717, 1.165) is 24.0 Å². The summed E-state index contributed by atoms with van der Waals surface area (Å²) in [6.07, 6.45) is 3.25. The number of hydrogen-bond acceptors (Lipinski definition) is 3. The molecule has 1 heterocycles. The average molecular weight is 324 g/mol. The van der Waals surface area contributed by atoms with Crippen LogP contribution >= 0.6 is 0 Å². The molecule has 122 valence electrons. The largest absolute Gasteiger partial charge is 0.356 e. The fraction of sp³-hybridized carbons (Fsp3) is 0.562. The summed E-state index contributed by atoms with van der Waals surface area (Å²) in [7, 11) is -3.08. The highest BCUT2D eigenvalue weighted by Gasteiger charge is 2.24. The SMILES string of the molecule is Cc1cccc(CC(=O)NCC2CCN(S(C)(=O)=O)CC2)c1. The van der Waals surface area contributed by atoms with Gasteiger partial charge in [-0.2, -0.15) is 0 Å². The van der Waals surface area contributed by atoms with E-state index in [1.54, 1.807) is 0 Å². The monoisotopic (exact) mass is 324 g/mol. The molecule has 0 unspecified atom stereocenters. The van der Waals surface area contributed by atoms with E-state index in [1.165, 1.54) is 10.6 Å². The molecule has 0 bridgehead atoms. The van der Waals surface area contributed by atoms with Crippen molar-refractivity contribution in [1.29, 1.82) is 0 Å². The highest BCUT2D eigenvalue weighted by atomic mass is 32.2. The van der Waals surface area contributed by atoms with Crippen LogP contribution in [-0.2, 0) is 21.2 Å². The van der Waals surface area contributed by atoms with Gasteiger partial charge in [0.1, 0.15) is 0 Å². The minimum absolute atomic E-state index is 0.0242. The Labute approximate surface area is 132 Å². The molecule has 1 amide bonds. The van der Waals surface area contributed by atoms with Crippen molar-refractivity contribution in [2.75, 3.05) is 25.9 Å². The van der Waals surface area contributed by atoms with Crippen molar-refractivity contribution in [1.82, 2.24) is 9.62 Å². The predicted molar refractivity (Wildman–Crippen MR) is 87.0 cm³/mol. The van der Waals surface area contributed by atoms with E-state index < -0.39 is 10.0 Å². The van der Waals surface area contributed by atoms with Crippen molar-refractivity contribution >= 4 is 15.9 Å². The van der Waals surface area contributed by atoms with Gasteiger partial charge in [0, 0.05) is 19.6 Å². The number of amides is 1. The topological polar surface area (TPSA) is 66.5 Å². The van der Waals surface area contributed by atoms with E-state index >= 15 is 0 Å². The number of sulfonamides is 1. The first-order valence-corrected chi connectivity index (χ1v) is 9.47. The molecule has 1 aromatic rings. The quantitative estimate of drug-likeness (QED) is 0.888. The summed E-state index contributed by atoms with van der Waals surface area (Å²) in [5.74, 6) is 0.385. The van der Waals surface area contributed by atoms with Crippen LogP contribution in [0.15, 0.2) is 24.3 Å². The normalized spacial score (nSPS) is 17.4. The molecule has 1 aliphatic heterocycles. The van der Waals surface area contributed by atoms with E-state index in [0.29, 0.717) is 32.0 Å². The zero-order chi connectivity index (χ0) is 16.2. The van der Waals surface area contributed by atoms with Crippen molar-refractivity contribution < 1.29 is 13.2 Å². The number of carbonyl (C=O) groups excluding carboxylic acids is 1. The van der Waals surface area contributed by atoms with E-state index in [2.05, 4.69) is 5.32 Å². The van der Waals surface area contributed by atoms with Crippen molar-refractivity contribution in [2.45, 2.75) is 26.2 Å². The van der Waals surface area contributed by atoms with Gasteiger partial charge in [-0.15, -0.1) is 0 Å². The molecule has 0 aromatic heterocycles. The molecule has 0 spiro atoms. The second-order valence-corrected chi connectivity index (χ2v) is 8.06. The third-order valence-electron chi connectivity index (χ3n) is 4.08. The maximum Gasteiger partial charge on any atom is 0.224 e. The Morgan fingerprint density at radius 2 is 2.00 bits per heavy atom. The van der Waals surface area contributed by atoms with Gasteiger partial charge in [-0.1, -0.05) is 29.8 Å². The number of carbonyl (C=O) groups is 1. The molecule has 22 heavy (non-hydrogen) atoms. The second-order valence-electron chi connectivity index (χ2n) is 6.08. The fourth-order valence-corrected chi connectivity index (χ4v) is 3.65. The van der Waals surface area contributed by atoms with Crippen molar-refractivity contribution in [2.24, 2.45) is 5.92 Å². The molecule has 1 aliphatic rings. The van der Waals surface area contributed by atoms with Crippen LogP contribution in [0.2, 0.25) is 0 Å². The van der Waals surface area contributed by atoms with Gasteiger partial charge in [0.25, 0.3) is 0 Å². The first kappa shape index (κ1) is 17.0. The third-order valence-corrected chi connectivity index (χ3v) is 5.38. The Hall–Kier alpha value is -1.40. The number of hydrogen-bond donors (Lipinski definition) is 1. The number of piperidine rings is 1. The van der Waals surface area contributed by atoms with Gasteiger partial charge in [-0.25, -0.2) is 12.7 Å². The third kappa shape index (κ3) is 5.10. The molecule has 1 saturated heterocycles. The molecule has 1 N–H and O–H groups in total. The number of aryl methyl sites for hydroxylation is 1. The van der Waals surface area contributed by atoms with Gasteiger partial charge >= 0.3 is 0 Å². The number of rotatable bonds is 5. The number of nitrogens with zero attached hydrogens (tertiary/aromatic N) is 1. The summed E-state index contributed by atoms with van der Waals surface area (Å²) in [5, 5.41) is 2.97. The van der Waals surface area contributed by atoms with Crippen LogP contribution in [0.5, 0.6) is 0 Å². The Morgan fingerprint density at radius 3 is 2.59 bits per heavy atom. The van der Waals surface area contributed by atoms with Crippen LogP contribution < -0.4 is 5.32 Å². The lowest BCUT2D eigenvalue weighted by molar-refractivity contribution is -0.120. The van der Waals surface area contributed by atoms with Crippen molar-refractivity contribution in [3.8, 4) is 0 Å². The lowest BCUT2D eigenvalue weighted by Gasteiger charge is -2.30. The first-order chi connectivity index (χ1) is 10.3. The molecule has 0 aliphatic carbocycles.